The molecule has 0 aliphatic carbocycles. The van der Waals surface area contributed by atoms with Crippen LogP contribution in [0.15, 0.2) is 24.3 Å². The summed E-state index contributed by atoms with van der Waals surface area (Å²) in [5.41, 5.74) is 2.93. The molecule has 1 heterocycles. The van der Waals surface area contributed by atoms with Crippen LogP contribution in [-0.2, 0) is 0 Å². The van der Waals surface area contributed by atoms with Crippen LogP contribution in [0, 0.1) is 5.92 Å². The van der Waals surface area contributed by atoms with Crippen LogP contribution < -0.4 is 5.32 Å². The molecular formula is C18H30N2. The number of hydrogen-bond acceptors (Lipinski definition) is 2. The zero-order valence-electron chi connectivity index (χ0n) is 13.5. The van der Waals surface area contributed by atoms with E-state index in [0.29, 0.717) is 17.9 Å². The minimum Gasteiger partial charge on any atom is -0.314 e. The van der Waals surface area contributed by atoms with Crippen LogP contribution in [0.25, 0.3) is 0 Å². The van der Waals surface area contributed by atoms with Gasteiger partial charge in [0.25, 0.3) is 0 Å². The summed E-state index contributed by atoms with van der Waals surface area (Å²) < 4.78 is 0. The van der Waals surface area contributed by atoms with E-state index < -0.39 is 0 Å². The molecule has 20 heavy (non-hydrogen) atoms. The van der Waals surface area contributed by atoms with Gasteiger partial charge in [-0.15, -0.1) is 0 Å². The Labute approximate surface area is 124 Å². The van der Waals surface area contributed by atoms with Gasteiger partial charge in [-0.25, -0.2) is 0 Å². The van der Waals surface area contributed by atoms with Gasteiger partial charge in [0.2, 0.25) is 0 Å². The summed E-state index contributed by atoms with van der Waals surface area (Å²) in [6.45, 7) is 13.8. The van der Waals surface area contributed by atoms with E-state index in [1.54, 1.807) is 0 Å². The van der Waals surface area contributed by atoms with Gasteiger partial charge in [-0.2, -0.15) is 0 Å². The minimum absolute atomic E-state index is 0.573. The topological polar surface area (TPSA) is 15.3 Å². The second-order valence-corrected chi connectivity index (χ2v) is 6.44. The number of nitrogens with one attached hydrogen (secondary N) is 1. The number of piperazine rings is 1. The van der Waals surface area contributed by atoms with Crippen molar-refractivity contribution < 1.29 is 0 Å². The van der Waals surface area contributed by atoms with Crippen molar-refractivity contribution in [1.29, 1.82) is 0 Å². The Morgan fingerprint density at radius 3 is 2.05 bits per heavy atom. The van der Waals surface area contributed by atoms with Gasteiger partial charge in [-0.1, -0.05) is 58.4 Å². The van der Waals surface area contributed by atoms with Gasteiger partial charge >= 0.3 is 0 Å². The Balaban J connectivity index is 2.21. The molecule has 2 nitrogen and oxygen atoms in total. The van der Waals surface area contributed by atoms with Gasteiger partial charge in [0, 0.05) is 32.2 Å². The summed E-state index contributed by atoms with van der Waals surface area (Å²) in [6.07, 6.45) is 1.24. The second-order valence-electron chi connectivity index (χ2n) is 6.44. The van der Waals surface area contributed by atoms with Crippen molar-refractivity contribution in [3.8, 4) is 0 Å². The summed E-state index contributed by atoms with van der Waals surface area (Å²) in [7, 11) is 0. The van der Waals surface area contributed by atoms with E-state index in [1.165, 1.54) is 30.6 Å². The molecule has 1 unspecified atom stereocenters. The molecule has 2 heteroatoms. The molecule has 2 rings (SSSR count). The van der Waals surface area contributed by atoms with E-state index in [0.717, 1.165) is 13.1 Å². The maximum atomic E-state index is 3.46. The zero-order valence-corrected chi connectivity index (χ0v) is 13.5. The molecule has 1 aliphatic rings. The number of hydrogen-bond donors (Lipinski definition) is 1. The molecule has 0 saturated carbocycles. The van der Waals surface area contributed by atoms with E-state index in [-0.39, 0.29) is 0 Å². The summed E-state index contributed by atoms with van der Waals surface area (Å²) in [6, 6.07) is 9.92. The van der Waals surface area contributed by atoms with Crippen molar-refractivity contribution >= 4 is 0 Å². The van der Waals surface area contributed by atoms with Crippen molar-refractivity contribution in [2.45, 2.75) is 46.1 Å². The molecule has 1 fully saturated rings. The normalized spacial score (nSPS) is 20.1. The average molecular weight is 274 g/mol. The molecule has 0 amide bonds. The van der Waals surface area contributed by atoms with Crippen molar-refractivity contribution in [1.82, 2.24) is 10.2 Å². The highest BCUT2D eigenvalue weighted by atomic mass is 15.2. The van der Waals surface area contributed by atoms with E-state index in [9.17, 15) is 0 Å². The van der Waals surface area contributed by atoms with Gasteiger partial charge in [0.05, 0.1) is 0 Å². The third-order valence-corrected chi connectivity index (χ3v) is 4.67. The van der Waals surface area contributed by atoms with Crippen LogP contribution in [0.1, 0.15) is 57.2 Å². The number of rotatable bonds is 5. The van der Waals surface area contributed by atoms with E-state index in [2.05, 4.69) is 62.2 Å². The second kappa shape index (κ2) is 7.24. The van der Waals surface area contributed by atoms with Crippen LogP contribution in [0.2, 0.25) is 0 Å². The van der Waals surface area contributed by atoms with Crippen molar-refractivity contribution in [2.24, 2.45) is 5.92 Å². The standard InChI is InChI=1S/C18H30N2/c1-5-15(4)18(20-12-10-19-11-13-20)17-8-6-16(7-9-17)14(2)3/h6-9,14-15,18-19H,5,10-13H2,1-4H3/t15?,18-/m0/s1. The Morgan fingerprint density at radius 1 is 1.00 bits per heavy atom. The third-order valence-electron chi connectivity index (χ3n) is 4.67. The van der Waals surface area contributed by atoms with Crippen LogP contribution >= 0.6 is 0 Å². The van der Waals surface area contributed by atoms with Crippen molar-refractivity contribution in [3.63, 3.8) is 0 Å². The Hall–Kier alpha value is -0.860. The highest BCUT2D eigenvalue weighted by Gasteiger charge is 2.26. The maximum absolute atomic E-state index is 3.46. The fourth-order valence-corrected chi connectivity index (χ4v) is 3.16. The summed E-state index contributed by atoms with van der Waals surface area (Å²) in [5, 5.41) is 3.46. The summed E-state index contributed by atoms with van der Waals surface area (Å²) in [4.78, 5) is 2.66. The van der Waals surface area contributed by atoms with E-state index >= 15 is 0 Å². The summed E-state index contributed by atoms with van der Waals surface area (Å²) in [5.74, 6) is 1.32. The maximum Gasteiger partial charge on any atom is 0.0374 e. The molecule has 1 aromatic rings. The first-order valence-corrected chi connectivity index (χ1v) is 8.18. The molecular weight excluding hydrogens is 244 g/mol. The monoisotopic (exact) mass is 274 g/mol. The Bertz CT molecular complexity index is 390. The first-order chi connectivity index (χ1) is 9.63. The van der Waals surface area contributed by atoms with Crippen molar-refractivity contribution in [3.05, 3.63) is 35.4 Å². The quantitative estimate of drug-likeness (QED) is 0.878. The zero-order chi connectivity index (χ0) is 14.5. The lowest BCUT2D eigenvalue weighted by molar-refractivity contribution is 0.128. The van der Waals surface area contributed by atoms with E-state index in [4.69, 9.17) is 0 Å². The molecule has 112 valence electrons. The number of nitrogens with zero attached hydrogens (tertiary/aromatic N) is 1. The molecule has 0 aromatic heterocycles. The predicted molar refractivity (Wildman–Crippen MR) is 87.2 cm³/mol. The lowest BCUT2D eigenvalue weighted by Crippen LogP contribution is -2.46. The number of benzene rings is 1. The molecule has 1 aromatic carbocycles. The molecule has 0 radical (unpaired) electrons. The average Bonchev–Trinajstić information content (AvgIpc) is 2.49. The lowest BCUT2D eigenvalue weighted by Gasteiger charge is -2.38. The molecule has 0 bridgehead atoms. The molecule has 0 spiro atoms. The fraction of sp³-hybridized carbons (Fsp3) is 0.667. The van der Waals surface area contributed by atoms with Gasteiger partial charge in [-0.05, 0) is 23.0 Å². The van der Waals surface area contributed by atoms with Crippen molar-refractivity contribution in [2.75, 3.05) is 26.2 Å². The SMILES string of the molecule is CCC(C)[C@@H](c1ccc(C(C)C)cc1)N1CCNCC1. The minimum atomic E-state index is 0.573. The highest BCUT2D eigenvalue weighted by molar-refractivity contribution is 5.27. The third kappa shape index (κ3) is 3.62. The van der Waals surface area contributed by atoms with Gasteiger partial charge in [0.1, 0.15) is 0 Å². The smallest absolute Gasteiger partial charge is 0.0374 e. The van der Waals surface area contributed by atoms with Gasteiger partial charge in [-0.3, -0.25) is 4.90 Å². The first-order valence-electron chi connectivity index (χ1n) is 8.18. The van der Waals surface area contributed by atoms with Crippen LogP contribution in [0.5, 0.6) is 0 Å². The molecule has 1 saturated heterocycles. The molecule has 2 atom stereocenters. The molecule has 1 aliphatic heterocycles. The highest BCUT2D eigenvalue weighted by Crippen LogP contribution is 2.31. The molecule has 1 N–H and O–H groups in total. The van der Waals surface area contributed by atoms with Crippen LogP contribution in [0.3, 0.4) is 0 Å². The largest absolute Gasteiger partial charge is 0.314 e. The Morgan fingerprint density at radius 2 is 1.55 bits per heavy atom. The summed E-state index contributed by atoms with van der Waals surface area (Å²) >= 11 is 0. The fourth-order valence-electron chi connectivity index (χ4n) is 3.16. The first kappa shape index (κ1) is 15.5. The van der Waals surface area contributed by atoms with Gasteiger partial charge in [0.15, 0.2) is 0 Å². The van der Waals surface area contributed by atoms with Gasteiger partial charge < -0.3 is 5.32 Å². The Kier molecular flexibility index (Phi) is 5.62. The van der Waals surface area contributed by atoms with E-state index in [1.807, 2.05) is 0 Å². The van der Waals surface area contributed by atoms with Crippen LogP contribution in [-0.4, -0.2) is 31.1 Å². The lowest BCUT2D eigenvalue weighted by atomic mass is 9.89. The van der Waals surface area contributed by atoms with Crippen LogP contribution in [0.4, 0.5) is 0 Å². The predicted octanol–water partition coefficient (Wildman–Crippen LogP) is 3.80.